The second kappa shape index (κ2) is 9.53. The van der Waals surface area contributed by atoms with E-state index < -0.39 is 11.7 Å². The molecule has 2 N–H and O–H groups in total. The minimum atomic E-state index is -0.594. The van der Waals surface area contributed by atoms with E-state index in [0.29, 0.717) is 24.7 Å². The van der Waals surface area contributed by atoms with Gasteiger partial charge >= 0.3 is 5.97 Å². The molecule has 3 aliphatic carbocycles. The van der Waals surface area contributed by atoms with Crippen LogP contribution < -0.4 is 0 Å². The first-order valence-electron chi connectivity index (χ1n) is 11.1. The molecule has 3 saturated carbocycles. The first-order valence-corrected chi connectivity index (χ1v) is 11.1. The highest BCUT2D eigenvalue weighted by atomic mass is 16.5. The zero-order chi connectivity index (χ0) is 20.1. The van der Waals surface area contributed by atoms with E-state index in [1.54, 1.807) is 0 Å². The van der Waals surface area contributed by atoms with E-state index in [0.717, 1.165) is 44.9 Å². The molecule has 0 amide bonds. The van der Waals surface area contributed by atoms with Crippen molar-refractivity contribution in [2.24, 2.45) is 23.7 Å². The summed E-state index contributed by atoms with van der Waals surface area (Å²) in [6, 6.07) is 0. The highest BCUT2D eigenvalue weighted by Crippen LogP contribution is 2.55. The van der Waals surface area contributed by atoms with Crippen LogP contribution >= 0.6 is 0 Å². The van der Waals surface area contributed by atoms with Crippen molar-refractivity contribution in [3.63, 3.8) is 0 Å². The van der Waals surface area contributed by atoms with Crippen LogP contribution in [0.25, 0.3) is 0 Å². The van der Waals surface area contributed by atoms with Gasteiger partial charge in [0.25, 0.3) is 0 Å². The molecule has 0 radical (unpaired) electrons. The van der Waals surface area contributed by atoms with E-state index in [9.17, 15) is 19.8 Å². The summed E-state index contributed by atoms with van der Waals surface area (Å²) >= 11 is 0. The van der Waals surface area contributed by atoms with Crippen molar-refractivity contribution < 1.29 is 24.5 Å². The first kappa shape index (κ1) is 21.5. The van der Waals surface area contributed by atoms with Gasteiger partial charge in [0.05, 0.1) is 18.8 Å². The van der Waals surface area contributed by atoms with Crippen molar-refractivity contribution in [3.8, 4) is 0 Å². The van der Waals surface area contributed by atoms with Crippen LogP contribution in [0.2, 0.25) is 0 Å². The van der Waals surface area contributed by atoms with Crippen LogP contribution in [-0.4, -0.2) is 40.8 Å². The van der Waals surface area contributed by atoms with Gasteiger partial charge in [0.2, 0.25) is 0 Å². The Morgan fingerprint density at radius 3 is 2.79 bits per heavy atom. The van der Waals surface area contributed by atoms with Gasteiger partial charge in [-0.05, 0) is 50.4 Å². The third kappa shape index (κ3) is 4.85. The van der Waals surface area contributed by atoms with Crippen LogP contribution in [0.5, 0.6) is 0 Å². The molecular formula is C23H36O5. The van der Waals surface area contributed by atoms with Gasteiger partial charge in [-0.1, -0.05) is 37.8 Å². The SMILES string of the molecule is COC(=O)CCCCCC[C@H]1C(=O)C[C@@H](O)[C@@H]1C=CCC1(O)CC2CCCC21. The number of esters is 1. The number of Topliss-reactive ketones (excluding diaryl/α,β-unsaturated/α-hetero) is 1. The van der Waals surface area contributed by atoms with Gasteiger partial charge in [-0.2, -0.15) is 0 Å². The molecular weight excluding hydrogens is 356 g/mol. The highest BCUT2D eigenvalue weighted by molar-refractivity contribution is 5.84. The van der Waals surface area contributed by atoms with E-state index in [1.165, 1.54) is 20.0 Å². The van der Waals surface area contributed by atoms with Crippen LogP contribution in [0.15, 0.2) is 12.2 Å². The molecule has 0 saturated heterocycles. The summed E-state index contributed by atoms with van der Waals surface area (Å²) in [7, 11) is 1.41. The fraction of sp³-hybridized carbons (Fsp3) is 0.826. The van der Waals surface area contributed by atoms with Crippen LogP contribution in [0, 0.1) is 23.7 Å². The van der Waals surface area contributed by atoms with E-state index in [1.807, 2.05) is 12.2 Å². The molecule has 0 spiro atoms. The number of fused-ring (bicyclic) bond motifs is 1. The summed E-state index contributed by atoms with van der Waals surface area (Å²) in [5.74, 6) is 0.927. The molecule has 3 unspecified atom stereocenters. The number of ketones is 1. The zero-order valence-electron chi connectivity index (χ0n) is 17.1. The van der Waals surface area contributed by atoms with Gasteiger partial charge in [0.15, 0.2) is 0 Å². The predicted octanol–water partition coefficient (Wildman–Crippen LogP) is 3.56. The Labute approximate surface area is 168 Å². The maximum absolute atomic E-state index is 12.3. The first-order chi connectivity index (χ1) is 13.4. The summed E-state index contributed by atoms with van der Waals surface area (Å²) in [5, 5.41) is 21.1. The smallest absolute Gasteiger partial charge is 0.305 e. The molecule has 6 atom stereocenters. The molecule has 0 aromatic rings. The summed E-state index contributed by atoms with van der Waals surface area (Å²) in [5.41, 5.74) is -0.555. The van der Waals surface area contributed by atoms with Crippen molar-refractivity contribution in [1.82, 2.24) is 0 Å². The Hall–Kier alpha value is -1.20. The highest BCUT2D eigenvalue weighted by Gasteiger charge is 2.53. The number of hydrogen-bond acceptors (Lipinski definition) is 5. The van der Waals surface area contributed by atoms with Gasteiger partial charge in [-0.15, -0.1) is 0 Å². The molecule has 5 nitrogen and oxygen atoms in total. The standard InChI is InChI=1S/C23H36O5/c1-28-22(26)12-5-3-2-4-9-17-18(21(25)14-20(17)24)10-7-13-23(27)15-16-8-6-11-19(16)23/h7,10,16-19,21,25,27H,2-6,8-9,11-15H2,1H3/t16?,17-,18-,19?,21-,23?/m1/s1. The number of ether oxygens (including phenoxy) is 1. The third-order valence-corrected chi connectivity index (χ3v) is 7.40. The van der Waals surface area contributed by atoms with Crippen molar-refractivity contribution in [3.05, 3.63) is 12.2 Å². The number of methoxy groups -OCH3 is 1. The Morgan fingerprint density at radius 1 is 1.25 bits per heavy atom. The Kier molecular flexibility index (Phi) is 7.32. The molecule has 5 heteroatoms. The number of carbonyl (C=O) groups excluding carboxylic acids is 2. The van der Waals surface area contributed by atoms with Crippen molar-refractivity contribution >= 4 is 11.8 Å². The number of aliphatic hydroxyl groups excluding tert-OH is 1. The minimum absolute atomic E-state index is 0.109. The quantitative estimate of drug-likeness (QED) is 0.337. The van der Waals surface area contributed by atoms with Gasteiger partial charge in [0.1, 0.15) is 5.78 Å². The van der Waals surface area contributed by atoms with Gasteiger partial charge in [-0.25, -0.2) is 0 Å². The molecule has 0 aromatic heterocycles. The summed E-state index contributed by atoms with van der Waals surface area (Å²) in [6.45, 7) is 0. The lowest BCUT2D eigenvalue weighted by Crippen LogP contribution is -2.51. The monoisotopic (exact) mass is 392 g/mol. The fourth-order valence-corrected chi connectivity index (χ4v) is 5.78. The van der Waals surface area contributed by atoms with Gasteiger partial charge in [-0.3, -0.25) is 9.59 Å². The fourth-order valence-electron chi connectivity index (χ4n) is 5.78. The summed E-state index contributed by atoms with van der Waals surface area (Å²) < 4.78 is 4.64. The lowest BCUT2D eigenvalue weighted by molar-refractivity contribution is -0.140. The molecule has 0 bridgehead atoms. The average Bonchev–Trinajstić information content (AvgIpc) is 3.18. The maximum atomic E-state index is 12.3. The van der Waals surface area contributed by atoms with E-state index in [2.05, 4.69) is 4.74 Å². The Bertz CT molecular complexity index is 586. The topological polar surface area (TPSA) is 83.8 Å². The number of carbonyl (C=O) groups is 2. The molecule has 3 rings (SSSR count). The molecule has 3 fully saturated rings. The minimum Gasteiger partial charge on any atom is -0.469 e. The number of unbranched alkanes of at least 4 members (excludes halogenated alkanes) is 3. The van der Waals surface area contributed by atoms with E-state index in [-0.39, 0.29) is 30.0 Å². The third-order valence-electron chi connectivity index (χ3n) is 7.40. The van der Waals surface area contributed by atoms with Crippen LogP contribution in [0.1, 0.15) is 77.0 Å². The summed E-state index contributed by atoms with van der Waals surface area (Å²) in [6.07, 6.45) is 13.8. The summed E-state index contributed by atoms with van der Waals surface area (Å²) in [4.78, 5) is 23.4. The Morgan fingerprint density at radius 2 is 2.04 bits per heavy atom. The van der Waals surface area contributed by atoms with Crippen LogP contribution in [0.4, 0.5) is 0 Å². The lowest BCUT2D eigenvalue weighted by atomic mass is 9.61. The molecule has 0 heterocycles. The largest absolute Gasteiger partial charge is 0.469 e. The molecule has 28 heavy (non-hydrogen) atoms. The molecule has 0 aliphatic heterocycles. The van der Waals surface area contributed by atoms with Crippen molar-refractivity contribution in [1.29, 1.82) is 0 Å². The lowest BCUT2D eigenvalue weighted by Gasteiger charge is -2.48. The predicted molar refractivity (Wildman–Crippen MR) is 106 cm³/mol. The second-order valence-electron chi connectivity index (χ2n) is 9.19. The molecule has 158 valence electrons. The molecule has 3 aliphatic rings. The maximum Gasteiger partial charge on any atom is 0.305 e. The van der Waals surface area contributed by atoms with Crippen molar-refractivity contribution in [2.45, 2.75) is 88.8 Å². The second-order valence-corrected chi connectivity index (χ2v) is 9.19. The van der Waals surface area contributed by atoms with Crippen LogP contribution in [0.3, 0.4) is 0 Å². The Balaban J connectivity index is 1.42. The van der Waals surface area contributed by atoms with Crippen molar-refractivity contribution in [2.75, 3.05) is 7.11 Å². The normalized spacial score (nSPS) is 37.2. The van der Waals surface area contributed by atoms with Gasteiger partial charge in [0, 0.05) is 24.7 Å². The number of rotatable bonds is 10. The van der Waals surface area contributed by atoms with E-state index in [4.69, 9.17) is 0 Å². The molecule has 0 aromatic carbocycles. The van der Waals surface area contributed by atoms with Crippen LogP contribution in [-0.2, 0) is 14.3 Å². The number of aliphatic hydroxyl groups is 2. The van der Waals surface area contributed by atoms with Gasteiger partial charge < -0.3 is 14.9 Å². The average molecular weight is 393 g/mol. The van der Waals surface area contributed by atoms with E-state index >= 15 is 0 Å². The zero-order valence-corrected chi connectivity index (χ0v) is 17.1. The number of hydrogen-bond donors (Lipinski definition) is 2.